The van der Waals surface area contributed by atoms with Gasteiger partial charge in [0.1, 0.15) is 12.4 Å². The number of anilines is 1. The molecule has 1 fully saturated rings. The molecule has 1 saturated heterocycles. The number of amides is 1. The second-order valence-electron chi connectivity index (χ2n) is 8.07. The van der Waals surface area contributed by atoms with Crippen molar-refractivity contribution in [2.45, 2.75) is 6.61 Å². The van der Waals surface area contributed by atoms with E-state index in [2.05, 4.69) is 14.8 Å². The lowest BCUT2D eigenvalue weighted by Crippen LogP contribution is -2.47. The Morgan fingerprint density at radius 2 is 1.56 bits per heavy atom. The molecule has 0 radical (unpaired) electrons. The highest BCUT2D eigenvalue weighted by molar-refractivity contribution is 8.18. The van der Waals surface area contributed by atoms with E-state index >= 15 is 0 Å². The first-order valence-corrected chi connectivity index (χ1v) is 12.4. The van der Waals surface area contributed by atoms with E-state index in [4.69, 9.17) is 16.3 Å². The molecule has 5 rings (SSSR count). The summed E-state index contributed by atoms with van der Waals surface area (Å²) < 4.78 is 6.05. The second kappa shape index (κ2) is 10.4. The summed E-state index contributed by atoms with van der Waals surface area (Å²) in [5.41, 5.74) is 3.13. The van der Waals surface area contributed by atoms with Crippen LogP contribution < -0.4 is 9.64 Å². The SMILES string of the molecule is O=C1N=C(N2CCN(c3ccc(Cl)cc3)CC2)SC1=Cc1ccccc1OCc1ccccc1. The van der Waals surface area contributed by atoms with Crippen LogP contribution in [0.15, 0.2) is 88.8 Å². The maximum Gasteiger partial charge on any atom is 0.286 e. The molecule has 7 heteroatoms. The quantitative estimate of drug-likeness (QED) is 0.429. The molecule has 34 heavy (non-hydrogen) atoms. The molecular weight excluding hydrogens is 466 g/mol. The molecule has 1 amide bonds. The fraction of sp³-hybridized carbons (Fsp3) is 0.185. The molecule has 0 unspecified atom stereocenters. The van der Waals surface area contributed by atoms with Gasteiger partial charge in [0, 0.05) is 42.5 Å². The molecule has 3 aromatic carbocycles. The number of carbonyl (C=O) groups excluding carboxylic acids is 1. The molecule has 0 aromatic heterocycles. The van der Waals surface area contributed by atoms with Crippen LogP contribution in [-0.2, 0) is 11.4 Å². The number of hydrogen-bond acceptors (Lipinski definition) is 5. The fourth-order valence-electron chi connectivity index (χ4n) is 3.95. The van der Waals surface area contributed by atoms with Crippen LogP contribution >= 0.6 is 23.4 Å². The Morgan fingerprint density at radius 3 is 2.32 bits per heavy atom. The second-order valence-corrected chi connectivity index (χ2v) is 9.52. The highest BCUT2D eigenvalue weighted by Gasteiger charge is 2.28. The van der Waals surface area contributed by atoms with E-state index in [1.807, 2.05) is 84.9 Å². The lowest BCUT2D eigenvalue weighted by atomic mass is 10.2. The van der Waals surface area contributed by atoms with Gasteiger partial charge in [-0.3, -0.25) is 4.79 Å². The van der Waals surface area contributed by atoms with Crippen LogP contribution in [0.5, 0.6) is 5.75 Å². The average Bonchev–Trinajstić information content (AvgIpc) is 3.25. The number of para-hydroxylation sites is 1. The Morgan fingerprint density at radius 1 is 0.882 bits per heavy atom. The number of benzene rings is 3. The summed E-state index contributed by atoms with van der Waals surface area (Å²) >= 11 is 7.45. The van der Waals surface area contributed by atoms with Crippen molar-refractivity contribution in [2.75, 3.05) is 31.1 Å². The summed E-state index contributed by atoms with van der Waals surface area (Å²) in [4.78, 5) is 22.1. The number of aliphatic imine (C=N–C) groups is 1. The third-order valence-corrected chi connectivity index (χ3v) is 7.09. The van der Waals surface area contributed by atoms with Crippen LogP contribution in [0.2, 0.25) is 5.02 Å². The molecule has 0 bridgehead atoms. The molecule has 2 heterocycles. The molecule has 5 nitrogen and oxygen atoms in total. The summed E-state index contributed by atoms with van der Waals surface area (Å²) in [6.07, 6.45) is 1.88. The molecule has 2 aliphatic rings. The Bertz CT molecular complexity index is 1220. The predicted molar refractivity (Wildman–Crippen MR) is 140 cm³/mol. The number of amidine groups is 1. The van der Waals surface area contributed by atoms with Crippen molar-refractivity contribution in [1.29, 1.82) is 0 Å². The largest absolute Gasteiger partial charge is 0.488 e. The van der Waals surface area contributed by atoms with Crippen LogP contribution in [0.4, 0.5) is 5.69 Å². The molecule has 0 N–H and O–H groups in total. The minimum absolute atomic E-state index is 0.196. The Hall–Kier alpha value is -3.22. The van der Waals surface area contributed by atoms with Crippen LogP contribution in [0.3, 0.4) is 0 Å². The zero-order valence-corrected chi connectivity index (χ0v) is 20.1. The van der Waals surface area contributed by atoms with Crippen LogP contribution in [0, 0.1) is 0 Å². The number of carbonyl (C=O) groups is 1. The van der Waals surface area contributed by atoms with E-state index in [1.165, 1.54) is 11.8 Å². The van der Waals surface area contributed by atoms with Gasteiger partial charge in [0.05, 0.1) is 4.91 Å². The van der Waals surface area contributed by atoms with Gasteiger partial charge in [-0.15, -0.1) is 0 Å². The number of rotatable bonds is 5. The van der Waals surface area contributed by atoms with Gasteiger partial charge in [-0.25, -0.2) is 0 Å². The lowest BCUT2D eigenvalue weighted by molar-refractivity contribution is -0.113. The predicted octanol–water partition coefficient (Wildman–Crippen LogP) is 5.71. The van der Waals surface area contributed by atoms with Gasteiger partial charge in [0.15, 0.2) is 5.17 Å². The van der Waals surface area contributed by atoms with E-state index in [1.54, 1.807) is 0 Å². The van der Waals surface area contributed by atoms with E-state index < -0.39 is 0 Å². The monoisotopic (exact) mass is 489 g/mol. The molecular formula is C27H24ClN3O2S. The summed E-state index contributed by atoms with van der Waals surface area (Å²) in [5, 5.41) is 1.51. The maximum absolute atomic E-state index is 12.7. The highest BCUT2D eigenvalue weighted by Crippen LogP contribution is 2.33. The Balaban J connectivity index is 1.23. The van der Waals surface area contributed by atoms with Gasteiger partial charge in [0.25, 0.3) is 5.91 Å². The van der Waals surface area contributed by atoms with E-state index in [-0.39, 0.29) is 5.91 Å². The number of ether oxygens (including phenoxy) is 1. The zero-order valence-electron chi connectivity index (χ0n) is 18.6. The van der Waals surface area contributed by atoms with Gasteiger partial charge in [-0.2, -0.15) is 4.99 Å². The lowest BCUT2D eigenvalue weighted by Gasteiger charge is -2.36. The number of thioether (sulfide) groups is 1. The molecule has 0 saturated carbocycles. The molecule has 3 aromatic rings. The van der Waals surface area contributed by atoms with Crippen molar-refractivity contribution < 1.29 is 9.53 Å². The first kappa shape index (κ1) is 22.6. The number of piperazine rings is 1. The van der Waals surface area contributed by atoms with Gasteiger partial charge in [0.2, 0.25) is 0 Å². The molecule has 0 aliphatic carbocycles. The first-order valence-electron chi connectivity index (χ1n) is 11.2. The molecule has 0 atom stereocenters. The van der Waals surface area contributed by atoms with Crippen molar-refractivity contribution >= 4 is 46.2 Å². The summed E-state index contributed by atoms with van der Waals surface area (Å²) in [7, 11) is 0. The highest BCUT2D eigenvalue weighted by atomic mass is 35.5. The topological polar surface area (TPSA) is 45.1 Å². The first-order chi connectivity index (χ1) is 16.7. The van der Waals surface area contributed by atoms with Crippen molar-refractivity contribution in [1.82, 2.24) is 4.90 Å². The van der Waals surface area contributed by atoms with Crippen LogP contribution in [-0.4, -0.2) is 42.2 Å². The van der Waals surface area contributed by atoms with Crippen LogP contribution in [0.1, 0.15) is 11.1 Å². The van der Waals surface area contributed by atoms with E-state index in [0.717, 1.165) is 58.9 Å². The minimum atomic E-state index is -0.196. The molecule has 172 valence electrons. The van der Waals surface area contributed by atoms with Gasteiger partial charge in [-0.05, 0) is 53.7 Å². The summed E-state index contributed by atoms with van der Waals surface area (Å²) in [6, 6.07) is 25.7. The smallest absolute Gasteiger partial charge is 0.286 e. The van der Waals surface area contributed by atoms with Gasteiger partial charge >= 0.3 is 0 Å². The van der Waals surface area contributed by atoms with Crippen molar-refractivity contribution in [2.24, 2.45) is 4.99 Å². The minimum Gasteiger partial charge on any atom is -0.488 e. The normalized spacial score (nSPS) is 17.3. The number of hydrogen-bond donors (Lipinski definition) is 0. The third kappa shape index (κ3) is 5.29. The Kier molecular flexibility index (Phi) is 6.88. The van der Waals surface area contributed by atoms with Crippen molar-refractivity contribution in [3.8, 4) is 5.75 Å². The third-order valence-electron chi connectivity index (χ3n) is 5.79. The van der Waals surface area contributed by atoms with Gasteiger partial charge in [-0.1, -0.05) is 60.1 Å². The fourth-order valence-corrected chi connectivity index (χ4v) is 5.03. The average molecular weight is 490 g/mol. The van der Waals surface area contributed by atoms with E-state index in [0.29, 0.717) is 11.5 Å². The van der Waals surface area contributed by atoms with Crippen molar-refractivity contribution in [3.05, 3.63) is 99.9 Å². The Labute approximate surface area is 208 Å². The van der Waals surface area contributed by atoms with Crippen molar-refractivity contribution in [3.63, 3.8) is 0 Å². The number of halogens is 1. The summed E-state index contributed by atoms with van der Waals surface area (Å²) in [6.45, 7) is 3.83. The van der Waals surface area contributed by atoms with E-state index in [9.17, 15) is 4.79 Å². The zero-order chi connectivity index (χ0) is 23.3. The standard InChI is InChI=1S/C27H24ClN3O2S/c28-22-10-12-23(13-11-22)30-14-16-31(17-15-30)27-29-26(32)25(34-27)18-21-8-4-5-9-24(21)33-19-20-6-2-1-3-7-20/h1-13,18H,14-17,19H2. The van der Waals surface area contributed by atoms with Gasteiger partial charge < -0.3 is 14.5 Å². The molecule has 0 spiro atoms. The maximum atomic E-state index is 12.7. The summed E-state index contributed by atoms with van der Waals surface area (Å²) in [5.74, 6) is 0.551. The molecule has 2 aliphatic heterocycles. The number of nitrogens with zero attached hydrogens (tertiary/aromatic N) is 3. The van der Waals surface area contributed by atoms with Crippen LogP contribution in [0.25, 0.3) is 6.08 Å².